The summed E-state index contributed by atoms with van der Waals surface area (Å²) >= 11 is 0. The molecule has 0 spiro atoms. The Balaban J connectivity index is 1.39. The van der Waals surface area contributed by atoms with Gasteiger partial charge in [0.15, 0.2) is 5.78 Å². The van der Waals surface area contributed by atoms with Gasteiger partial charge in [0.05, 0.1) is 13.0 Å². The lowest BCUT2D eigenvalue weighted by Crippen LogP contribution is -2.30. The van der Waals surface area contributed by atoms with E-state index >= 15 is 0 Å². The number of hydrogen-bond donors (Lipinski definition) is 2. The largest absolute Gasteiger partial charge is 0.491 e. The second kappa shape index (κ2) is 9.37. The lowest BCUT2D eigenvalue weighted by atomic mass is 9.68. The first-order valence-electron chi connectivity index (χ1n) is 12.0. The molecule has 0 heterocycles. The van der Waals surface area contributed by atoms with E-state index in [1.54, 1.807) is 18.2 Å². The van der Waals surface area contributed by atoms with E-state index in [9.17, 15) is 14.7 Å². The fraction of sp³-hybridized carbons (Fsp3) is 0.267. The number of ketones is 1. The maximum Gasteiger partial charge on any atom is 0.315 e. The molecule has 184 valence electrons. The van der Waals surface area contributed by atoms with Crippen molar-refractivity contribution in [1.29, 1.82) is 0 Å². The zero-order valence-corrected chi connectivity index (χ0v) is 20.3. The normalized spacial score (nSPS) is 16.2. The van der Waals surface area contributed by atoms with Crippen molar-refractivity contribution >= 4 is 17.3 Å². The van der Waals surface area contributed by atoms with Crippen molar-refractivity contribution in [2.75, 3.05) is 13.2 Å². The molecule has 36 heavy (non-hydrogen) atoms. The van der Waals surface area contributed by atoms with Crippen LogP contribution in [0, 0.1) is 0 Å². The Hall–Kier alpha value is -3.74. The summed E-state index contributed by atoms with van der Waals surface area (Å²) in [4.78, 5) is 26.0. The highest BCUT2D eigenvalue weighted by molar-refractivity contribution is 6.33. The van der Waals surface area contributed by atoms with Crippen LogP contribution in [0.1, 0.15) is 46.5 Å². The summed E-state index contributed by atoms with van der Waals surface area (Å²) < 4.78 is 11.2. The van der Waals surface area contributed by atoms with E-state index in [0.717, 1.165) is 27.8 Å². The van der Waals surface area contributed by atoms with Crippen LogP contribution >= 0.6 is 0 Å². The van der Waals surface area contributed by atoms with Crippen LogP contribution in [-0.4, -0.2) is 41.3 Å². The molecule has 0 unspecified atom stereocenters. The number of Topliss-reactive ketones (excluding diaryl/α,β-unsaturated/α-hetero) is 1. The summed E-state index contributed by atoms with van der Waals surface area (Å²) in [5.74, 6) is 0.637. The number of esters is 1. The Morgan fingerprint density at radius 1 is 1.00 bits per heavy atom. The summed E-state index contributed by atoms with van der Waals surface area (Å²) in [5, 5.41) is 18.6. The second-order valence-electron chi connectivity index (χ2n) is 9.79. The van der Waals surface area contributed by atoms with Gasteiger partial charge in [-0.2, -0.15) is 0 Å². The zero-order chi connectivity index (χ0) is 25.4. The van der Waals surface area contributed by atoms with Crippen LogP contribution in [0.5, 0.6) is 11.5 Å². The van der Waals surface area contributed by atoms with Crippen LogP contribution < -0.4 is 9.47 Å². The fourth-order valence-corrected chi connectivity index (χ4v) is 5.06. The maximum atomic E-state index is 13.6. The lowest BCUT2D eigenvalue weighted by molar-refractivity contribution is -0.133. The number of benzene rings is 3. The van der Waals surface area contributed by atoms with Gasteiger partial charge in [0.1, 0.15) is 24.2 Å². The zero-order valence-electron chi connectivity index (χ0n) is 20.3. The molecule has 2 aliphatic carbocycles. The third-order valence-corrected chi connectivity index (χ3v) is 6.98. The molecule has 0 radical (unpaired) electrons. The minimum absolute atomic E-state index is 0.0329. The van der Waals surface area contributed by atoms with Crippen LogP contribution in [0.15, 0.2) is 72.3 Å². The van der Waals surface area contributed by atoms with E-state index in [1.165, 1.54) is 0 Å². The Morgan fingerprint density at radius 2 is 1.72 bits per heavy atom. The third kappa shape index (κ3) is 4.34. The molecule has 0 amide bonds. The van der Waals surface area contributed by atoms with Crippen LogP contribution in [0.3, 0.4) is 0 Å². The molecule has 6 nitrogen and oxygen atoms in total. The number of fused-ring (bicyclic) bond motifs is 3. The van der Waals surface area contributed by atoms with Crippen molar-refractivity contribution in [1.82, 2.24) is 0 Å². The number of rotatable bonds is 7. The fourth-order valence-electron chi connectivity index (χ4n) is 5.06. The number of ether oxygens (including phenoxy) is 2. The van der Waals surface area contributed by atoms with Gasteiger partial charge in [0.2, 0.25) is 0 Å². The Labute approximate surface area is 209 Å². The van der Waals surface area contributed by atoms with E-state index in [0.29, 0.717) is 29.1 Å². The van der Waals surface area contributed by atoms with Crippen LogP contribution in [0.4, 0.5) is 0 Å². The van der Waals surface area contributed by atoms with Crippen LogP contribution in [-0.2, 0) is 23.1 Å². The van der Waals surface area contributed by atoms with E-state index in [4.69, 9.17) is 14.6 Å². The smallest absolute Gasteiger partial charge is 0.315 e. The lowest BCUT2D eigenvalue weighted by Gasteiger charge is -2.34. The van der Waals surface area contributed by atoms with E-state index < -0.39 is 11.5 Å². The molecule has 2 N–H and O–H groups in total. The molecule has 1 atom stereocenters. The average Bonchev–Trinajstić information content (AvgIpc) is 3.26. The SMILES string of the molecule is CC1(C)C2=C(C(=O)c3ccc(OC[C@H](O)CO)cc31)c1ccc(OC(=O)Cc3ccccc3)cc1C2. The molecule has 0 saturated carbocycles. The second-order valence-corrected chi connectivity index (χ2v) is 9.79. The van der Waals surface area contributed by atoms with Crippen molar-refractivity contribution in [2.45, 2.75) is 38.2 Å². The number of hydrogen-bond acceptors (Lipinski definition) is 6. The van der Waals surface area contributed by atoms with Crippen LogP contribution in [0.25, 0.3) is 5.57 Å². The van der Waals surface area contributed by atoms with E-state index in [2.05, 4.69) is 13.8 Å². The monoisotopic (exact) mass is 484 g/mol. The highest BCUT2D eigenvalue weighted by Crippen LogP contribution is 2.50. The van der Waals surface area contributed by atoms with Crippen molar-refractivity contribution in [3.63, 3.8) is 0 Å². The topological polar surface area (TPSA) is 93.1 Å². The summed E-state index contributed by atoms with van der Waals surface area (Å²) in [6.45, 7) is 3.76. The van der Waals surface area contributed by atoms with Gasteiger partial charge in [0.25, 0.3) is 0 Å². The Morgan fingerprint density at radius 3 is 2.47 bits per heavy atom. The summed E-state index contributed by atoms with van der Waals surface area (Å²) in [7, 11) is 0. The van der Waals surface area contributed by atoms with E-state index in [1.807, 2.05) is 48.5 Å². The summed E-state index contributed by atoms with van der Waals surface area (Å²) in [6, 6.07) is 20.3. The van der Waals surface area contributed by atoms with Gasteiger partial charge in [-0.05, 0) is 64.6 Å². The Bertz CT molecular complexity index is 1370. The molecule has 0 bridgehead atoms. The van der Waals surface area contributed by atoms with Crippen molar-refractivity contribution in [3.05, 3.63) is 100 Å². The Kier molecular flexibility index (Phi) is 6.24. The first-order valence-corrected chi connectivity index (χ1v) is 12.0. The van der Waals surface area contributed by atoms with Crippen molar-refractivity contribution < 1.29 is 29.3 Å². The van der Waals surface area contributed by atoms with Gasteiger partial charge in [0, 0.05) is 16.6 Å². The van der Waals surface area contributed by atoms with E-state index in [-0.39, 0.29) is 31.4 Å². The molecule has 0 fully saturated rings. The summed E-state index contributed by atoms with van der Waals surface area (Å²) in [6.07, 6.45) is -0.195. The molecular formula is C30H28O6. The molecule has 3 aromatic carbocycles. The number of aliphatic hydroxyl groups is 2. The average molecular weight is 485 g/mol. The predicted molar refractivity (Wildman–Crippen MR) is 135 cm³/mol. The van der Waals surface area contributed by atoms with Gasteiger partial charge in [-0.3, -0.25) is 9.59 Å². The third-order valence-electron chi connectivity index (χ3n) is 6.98. The minimum atomic E-state index is -0.967. The molecule has 6 heteroatoms. The van der Waals surface area contributed by atoms with Gasteiger partial charge in [-0.15, -0.1) is 0 Å². The molecule has 0 saturated heterocycles. The standard InChI is InChI=1S/C30H28O6/c1-30(2)25-15-21(35-17-20(32)16-31)8-11-24(25)29(34)28-23-10-9-22(13-19(23)14-26(28)30)36-27(33)12-18-6-4-3-5-7-18/h3-11,13,15,20,31-32H,12,14,16-17H2,1-2H3/t20-/m1/s1. The minimum Gasteiger partial charge on any atom is -0.491 e. The van der Waals surface area contributed by atoms with Crippen molar-refractivity contribution in [2.24, 2.45) is 0 Å². The maximum absolute atomic E-state index is 13.6. The van der Waals surface area contributed by atoms with Gasteiger partial charge < -0.3 is 19.7 Å². The molecule has 3 aromatic rings. The number of aliphatic hydroxyl groups excluding tert-OH is 2. The van der Waals surface area contributed by atoms with Crippen molar-refractivity contribution in [3.8, 4) is 11.5 Å². The highest BCUT2D eigenvalue weighted by atomic mass is 16.5. The number of allylic oxidation sites excluding steroid dienone is 2. The summed E-state index contributed by atoms with van der Waals surface area (Å²) in [5.41, 5.74) is 5.52. The molecule has 0 aliphatic heterocycles. The van der Waals surface area contributed by atoms with Gasteiger partial charge in [-0.1, -0.05) is 50.2 Å². The first-order chi connectivity index (χ1) is 17.3. The number of carbonyl (C=O) groups excluding carboxylic acids is 2. The first kappa shape index (κ1) is 24.0. The molecular weight excluding hydrogens is 456 g/mol. The quantitative estimate of drug-likeness (QED) is 0.388. The number of carbonyl (C=O) groups is 2. The van der Waals surface area contributed by atoms with Gasteiger partial charge in [-0.25, -0.2) is 0 Å². The van der Waals surface area contributed by atoms with Gasteiger partial charge >= 0.3 is 5.97 Å². The predicted octanol–water partition coefficient (Wildman–Crippen LogP) is 4.05. The molecule has 0 aromatic heterocycles. The molecule has 5 rings (SSSR count). The molecule has 2 aliphatic rings. The highest BCUT2D eigenvalue weighted by Gasteiger charge is 2.43. The van der Waals surface area contributed by atoms with Crippen LogP contribution in [0.2, 0.25) is 0 Å².